The van der Waals surface area contributed by atoms with Gasteiger partial charge in [0.25, 0.3) is 0 Å². The van der Waals surface area contributed by atoms with Gasteiger partial charge in [-0.3, -0.25) is 4.21 Å². The van der Waals surface area contributed by atoms with Crippen molar-refractivity contribution in [2.45, 2.75) is 30.4 Å². The average Bonchev–Trinajstić information content (AvgIpc) is 2.69. The van der Waals surface area contributed by atoms with Crippen LogP contribution in [0.4, 0.5) is 0 Å². The molecular formula is C21H24O4S. The number of hydrogen-bond acceptors (Lipinski definition) is 4. The fourth-order valence-electron chi connectivity index (χ4n) is 2.71. The molecule has 2 aromatic carbocycles. The van der Waals surface area contributed by atoms with E-state index in [4.69, 9.17) is 9.47 Å². The highest BCUT2D eigenvalue weighted by atomic mass is 32.2. The van der Waals surface area contributed by atoms with Crippen LogP contribution in [0, 0.1) is 6.92 Å². The summed E-state index contributed by atoms with van der Waals surface area (Å²) in [6, 6.07) is 17.5. The molecule has 1 aliphatic rings. The highest BCUT2D eigenvalue weighted by Crippen LogP contribution is 2.27. The van der Waals surface area contributed by atoms with E-state index in [0.717, 1.165) is 16.0 Å². The first-order valence-electron chi connectivity index (χ1n) is 8.66. The van der Waals surface area contributed by atoms with Crippen molar-refractivity contribution in [3.05, 3.63) is 77.6 Å². The standard InChI is InChI=1S/C21H24O4S/c1-17-7-9-20(10-8-17)26(23)14-19-11-12-21(15-22,16-24-19)25-13-18-5-3-2-4-6-18/h2-11,22H,12-16H2,1H3/t21-,26?/m0/s1. The Morgan fingerprint density at radius 2 is 1.88 bits per heavy atom. The fourth-order valence-corrected chi connectivity index (χ4v) is 3.78. The normalized spacial score (nSPS) is 20.9. The molecule has 1 heterocycles. The maximum atomic E-state index is 12.5. The van der Waals surface area contributed by atoms with E-state index >= 15 is 0 Å². The molecule has 1 unspecified atom stereocenters. The van der Waals surface area contributed by atoms with Crippen molar-refractivity contribution < 1.29 is 18.8 Å². The molecule has 0 radical (unpaired) electrons. The number of aryl methyl sites for hydroxylation is 1. The van der Waals surface area contributed by atoms with Crippen LogP contribution >= 0.6 is 0 Å². The maximum absolute atomic E-state index is 12.5. The van der Waals surface area contributed by atoms with Crippen LogP contribution in [0.5, 0.6) is 0 Å². The van der Waals surface area contributed by atoms with Gasteiger partial charge in [-0.2, -0.15) is 0 Å². The largest absolute Gasteiger partial charge is 0.494 e. The van der Waals surface area contributed by atoms with E-state index in [2.05, 4.69) is 0 Å². The fraction of sp³-hybridized carbons (Fsp3) is 0.333. The molecule has 0 saturated heterocycles. The number of aliphatic hydroxyl groups excluding tert-OH is 1. The number of rotatable bonds is 7. The van der Waals surface area contributed by atoms with E-state index in [1.54, 1.807) is 0 Å². The third kappa shape index (κ3) is 4.81. The Balaban J connectivity index is 1.58. The predicted molar refractivity (Wildman–Crippen MR) is 102 cm³/mol. The summed E-state index contributed by atoms with van der Waals surface area (Å²) < 4.78 is 24.2. The number of benzene rings is 2. The van der Waals surface area contributed by atoms with Gasteiger partial charge < -0.3 is 14.6 Å². The van der Waals surface area contributed by atoms with E-state index in [-0.39, 0.29) is 13.2 Å². The van der Waals surface area contributed by atoms with Gasteiger partial charge in [0.1, 0.15) is 18.0 Å². The van der Waals surface area contributed by atoms with E-state index < -0.39 is 16.4 Å². The van der Waals surface area contributed by atoms with Gasteiger partial charge in [0, 0.05) is 11.3 Å². The molecule has 5 heteroatoms. The number of ether oxygens (including phenoxy) is 2. The Hall–Kier alpha value is -1.95. The van der Waals surface area contributed by atoms with Gasteiger partial charge in [-0.15, -0.1) is 0 Å². The Bertz CT molecular complexity index is 770. The van der Waals surface area contributed by atoms with E-state index in [0.29, 0.717) is 24.5 Å². The van der Waals surface area contributed by atoms with Crippen molar-refractivity contribution in [1.82, 2.24) is 0 Å². The summed E-state index contributed by atoms with van der Waals surface area (Å²) in [6.45, 7) is 2.56. The van der Waals surface area contributed by atoms with Gasteiger partial charge in [0.2, 0.25) is 0 Å². The summed E-state index contributed by atoms with van der Waals surface area (Å²) in [5.74, 6) is 1.03. The molecule has 4 nitrogen and oxygen atoms in total. The average molecular weight is 372 g/mol. The summed E-state index contributed by atoms with van der Waals surface area (Å²) in [4.78, 5) is 0.791. The molecule has 0 aliphatic carbocycles. The predicted octanol–water partition coefficient (Wildman–Crippen LogP) is 3.35. The monoisotopic (exact) mass is 372 g/mol. The summed E-state index contributed by atoms with van der Waals surface area (Å²) in [5, 5.41) is 9.80. The van der Waals surface area contributed by atoms with Crippen LogP contribution in [0.25, 0.3) is 0 Å². The third-order valence-electron chi connectivity index (χ3n) is 4.46. The molecule has 0 saturated carbocycles. The molecule has 0 fully saturated rings. The number of hydrogen-bond donors (Lipinski definition) is 1. The molecule has 1 N–H and O–H groups in total. The van der Waals surface area contributed by atoms with Crippen LogP contribution in [0.15, 0.2) is 71.3 Å². The lowest BCUT2D eigenvalue weighted by atomic mass is 9.99. The van der Waals surface area contributed by atoms with Crippen molar-refractivity contribution in [2.75, 3.05) is 19.0 Å². The van der Waals surface area contributed by atoms with Crippen molar-refractivity contribution >= 4 is 10.8 Å². The van der Waals surface area contributed by atoms with Crippen LogP contribution in [0.3, 0.4) is 0 Å². The zero-order chi connectivity index (χ0) is 18.4. The lowest BCUT2D eigenvalue weighted by molar-refractivity contribution is -0.127. The molecule has 0 bridgehead atoms. The smallest absolute Gasteiger partial charge is 0.129 e. The van der Waals surface area contributed by atoms with Crippen LogP contribution in [0.2, 0.25) is 0 Å². The molecule has 1 aliphatic heterocycles. The zero-order valence-electron chi connectivity index (χ0n) is 14.9. The molecule has 0 spiro atoms. The van der Waals surface area contributed by atoms with Gasteiger partial charge in [-0.05, 0) is 30.7 Å². The van der Waals surface area contributed by atoms with E-state index in [9.17, 15) is 9.32 Å². The SMILES string of the molecule is Cc1ccc(S(=O)CC2=CC[C@@](CO)(OCc3ccccc3)CO2)cc1. The lowest BCUT2D eigenvalue weighted by Crippen LogP contribution is -2.43. The van der Waals surface area contributed by atoms with Crippen molar-refractivity contribution in [1.29, 1.82) is 0 Å². The minimum atomic E-state index is -1.15. The Morgan fingerprint density at radius 3 is 2.50 bits per heavy atom. The van der Waals surface area contributed by atoms with Gasteiger partial charge >= 0.3 is 0 Å². The first kappa shape index (κ1) is 18.8. The second kappa shape index (κ2) is 8.62. The summed E-state index contributed by atoms with van der Waals surface area (Å²) in [6.07, 6.45) is 2.42. The van der Waals surface area contributed by atoms with Gasteiger partial charge in [0.05, 0.1) is 29.8 Å². The summed E-state index contributed by atoms with van der Waals surface area (Å²) >= 11 is 0. The van der Waals surface area contributed by atoms with Gasteiger partial charge in [-0.25, -0.2) is 0 Å². The minimum Gasteiger partial charge on any atom is -0.494 e. The Kier molecular flexibility index (Phi) is 6.25. The first-order valence-corrected chi connectivity index (χ1v) is 9.98. The third-order valence-corrected chi connectivity index (χ3v) is 5.80. The van der Waals surface area contributed by atoms with Crippen molar-refractivity contribution in [3.63, 3.8) is 0 Å². The second-order valence-corrected chi connectivity index (χ2v) is 8.03. The molecule has 138 valence electrons. The minimum absolute atomic E-state index is 0.120. The van der Waals surface area contributed by atoms with E-state index in [1.807, 2.05) is 67.6 Å². The van der Waals surface area contributed by atoms with E-state index in [1.165, 1.54) is 0 Å². The molecular weight excluding hydrogens is 348 g/mol. The summed E-state index contributed by atoms with van der Waals surface area (Å²) in [7, 11) is -1.15. The topological polar surface area (TPSA) is 55.8 Å². The van der Waals surface area contributed by atoms with Crippen LogP contribution in [0.1, 0.15) is 17.5 Å². The highest BCUT2D eigenvalue weighted by Gasteiger charge is 2.34. The maximum Gasteiger partial charge on any atom is 0.129 e. The van der Waals surface area contributed by atoms with Gasteiger partial charge in [-0.1, -0.05) is 48.0 Å². The van der Waals surface area contributed by atoms with Crippen molar-refractivity contribution in [3.8, 4) is 0 Å². The zero-order valence-corrected chi connectivity index (χ0v) is 15.7. The molecule has 2 aromatic rings. The van der Waals surface area contributed by atoms with Crippen LogP contribution in [-0.2, 0) is 26.9 Å². The quantitative estimate of drug-likeness (QED) is 0.810. The molecule has 3 rings (SSSR count). The van der Waals surface area contributed by atoms with Crippen molar-refractivity contribution in [2.24, 2.45) is 0 Å². The summed E-state index contributed by atoms with van der Waals surface area (Å²) in [5.41, 5.74) is 1.45. The molecule has 0 amide bonds. The van der Waals surface area contributed by atoms with Crippen LogP contribution < -0.4 is 0 Å². The highest BCUT2D eigenvalue weighted by molar-refractivity contribution is 7.85. The Labute approximate surface area is 156 Å². The Morgan fingerprint density at radius 1 is 1.15 bits per heavy atom. The van der Waals surface area contributed by atoms with Crippen LogP contribution in [-0.4, -0.2) is 33.9 Å². The lowest BCUT2D eigenvalue weighted by Gasteiger charge is -2.34. The second-order valence-electron chi connectivity index (χ2n) is 6.58. The number of aliphatic hydroxyl groups is 1. The first-order chi connectivity index (χ1) is 12.6. The molecule has 26 heavy (non-hydrogen) atoms. The van der Waals surface area contributed by atoms with Gasteiger partial charge in [0.15, 0.2) is 0 Å². The molecule has 0 aromatic heterocycles. The molecule has 2 atom stereocenters.